The molecule has 0 aliphatic carbocycles. The summed E-state index contributed by atoms with van der Waals surface area (Å²) in [4.78, 5) is 29.6. The van der Waals surface area contributed by atoms with Crippen molar-refractivity contribution >= 4 is 51.0 Å². The standard InChI is InChI=1S/C39H46ClN5O4S/c1-27-22-31-33(41-26-30-8-7-15-45(30)39(31)46)25-35(27)49-21-6-4-14-44-18-16-43(17-19-44)13-3-5-20-48-34-12-9-28(23-36(34)47-2)38-42-32-11-10-29(40)24-37(32)50-38/h9-12,22-26,30H,3-8,13-21H2,1-2H3/t30-/m0/s1. The molecule has 3 aromatic carbocycles. The summed E-state index contributed by atoms with van der Waals surface area (Å²) < 4.78 is 19.0. The Bertz CT molecular complexity index is 1840. The van der Waals surface area contributed by atoms with Crippen molar-refractivity contribution in [2.24, 2.45) is 4.99 Å². The molecule has 2 fully saturated rings. The number of amides is 1. The summed E-state index contributed by atoms with van der Waals surface area (Å²) in [7, 11) is 1.68. The van der Waals surface area contributed by atoms with E-state index >= 15 is 0 Å². The molecule has 0 N–H and O–H groups in total. The van der Waals surface area contributed by atoms with Gasteiger partial charge >= 0.3 is 0 Å². The molecule has 0 bridgehead atoms. The topological polar surface area (TPSA) is 79.7 Å². The molecule has 0 unspecified atom stereocenters. The number of piperazine rings is 1. The minimum atomic E-state index is 0.0939. The van der Waals surface area contributed by atoms with E-state index in [4.69, 9.17) is 30.8 Å². The number of aromatic nitrogens is 1. The van der Waals surface area contributed by atoms with Crippen molar-refractivity contribution in [3.63, 3.8) is 0 Å². The summed E-state index contributed by atoms with van der Waals surface area (Å²) in [5.74, 6) is 2.41. The lowest BCUT2D eigenvalue weighted by molar-refractivity contribution is 0.0774. The maximum Gasteiger partial charge on any atom is 0.256 e. The zero-order valence-corrected chi connectivity index (χ0v) is 30.6. The van der Waals surface area contributed by atoms with Crippen molar-refractivity contribution in [1.29, 1.82) is 0 Å². The summed E-state index contributed by atoms with van der Waals surface area (Å²) in [5.41, 5.74) is 4.37. The number of fused-ring (bicyclic) bond motifs is 3. The summed E-state index contributed by atoms with van der Waals surface area (Å²) in [6, 6.07) is 15.8. The second-order valence-electron chi connectivity index (χ2n) is 13.4. The minimum absolute atomic E-state index is 0.0939. The van der Waals surface area contributed by atoms with Gasteiger partial charge in [0, 0.05) is 55.6 Å². The van der Waals surface area contributed by atoms with Gasteiger partial charge in [0.2, 0.25) is 0 Å². The van der Waals surface area contributed by atoms with Gasteiger partial charge in [-0.2, -0.15) is 0 Å². The zero-order chi connectivity index (χ0) is 34.5. The smallest absolute Gasteiger partial charge is 0.256 e. The van der Waals surface area contributed by atoms with Crippen molar-refractivity contribution < 1.29 is 19.0 Å². The first-order valence-electron chi connectivity index (χ1n) is 17.9. The van der Waals surface area contributed by atoms with Crippen molar-refractivity contribution in [3.8, 4) is 27.8 Å². The number of methoxy groups -OCH3 is 1. The van der Waals surface area contributed by atoms with Gasteiger partial charge in [-0.3, -0.25) is 9.79 Å². The van der Waals surface area contributed by atoms with Crippen LogP contribution in [0.15, 0.2) is 53.5 Å². The van der Waals surface area contributed by atoms with Crippen LogP contribution in [0.1, 0.15) is 54.4 Å². The van der Waals surface area contributed by atoms with Crippen LogP contribution < -0.4 is 14.2 Å². The molecule has 4 aromatic rings. The van der Waals surface area contributed by atoms with Crippen LogP contribution in [-0.4, -0.2) is 104 Å². The molecule has 264 valence electrons. The predicted molar refractivity (Wildman–Crippen MR) is 202 cm³/mol. The van der Waals surface area contributed by atoms with Crippen LogP contribution in [0.2, 0.25) is 5.02 Å². The molecule has 0 spiro atoms. The van der Waals surface area contributed by atoms with E-state index in [1.54, 1.807) is 18.4 Å². The molecule has 3 aliphatic heterocycles. The first-order chi connectivity index (χ1) is 24.4. The van der Waals surface area contributed by atoms with Crippen LogP contribution in [-0.2, 0) is 0 Å². The average molecular weight is 716 g/mol. The van der Waals surface area contributed by atoms with Gasteiger partial charge in [0.05, 0.1) is 47.8 Å². The third-order valence-electron chi connectivity index (χ3n) is 9.95. The first kappa shape index (κ1) is 34.7. The molecule has 50 heavy (non-hydrogen) atoms. The number of ether oxygens (including phenoxy) is 3. The van der Waals surface area contributed by atoms with E-state index in [0.29, 0.717) is 18.8 Å². The molecule has 1 aromatic heterocycles. The first-order valence-corrected chi connectivity index (χ1v) is 19.1. The van der Waals surface area contributed by atoms with E-state index < -0.39 is 0 Å². The van der Waals surface area contributed by atoms with Crippen molar-refractivity contribution in [1.82, 2.24) is 19.7 Å². The van der Waals surface area contributed by atoms with Crippen LogP contribution >= 0.6 is 22.9 Å². The number of carbonyl (C=O) groups excluding carboxylic acids is 1. The molecular formula is C39H46ClN5O4S. The lowest BCUT2D eigenvalue weighted by atomic mass is 10.1. The van der Waals surface area contributed by atoms with E-state index in [1.807, 2.05) is 66.6 Å². The molecule has 0 saturated carbocycles. The number of hydrogen-bond donors (Lipinski definition) is 0. The Kier molecular flexibility index (Phi) is 11.2. The summed E-state index contributed by atoms with van der Waals surface area (Å²) >= 11 is 7.78. The number of rotatable bonds is 14. The Morgan fingerprint density at radius 3 is 2.34 bits per heavy atom. The van der Waals surface area contributed by atoms with Gasteiger partial charge in [-0.25, -0.2) is 4.98 Å². The van der Waals surface area contributed by atoms with E-state index in [1.165, 1.54) is 0 Å². The lowest BCUT2D eigenvalue weighted by Crippen LogP contribution is -2.46. The fourth-order valence-corrected chi connectivity index (χ4v) is 8.29. The molecule has 1 amide bonds. The number of hydrogen-bond acceptors (Lipinski definition) is 9. The average Bonchev–Trinajstić information content (AvgIpc) is 3.76. The number of halogens is 1. The Morgan fingerprint density at radius 2 is 1.60 bits per heavy atom. The maximum absolute atomic E-state index is 13.1. The van der Waals surface area contributed by atoms with Crippen molar-refractivity contribution in [3.05, 3.63) is 64.7 Å². The maximum atomic E-state index is 13.1. The van der Waals surface area contributed by atoms with Crippen LogP contribution in [0, 0.1) is 6.92 Å². The summed E-state index contributed by atoms with van der Waals surface area (Å²) in [6.45, 7) is 10.8. The fraction of sp³-hybridized carbons (Fsp3) is 0.462. The van der Waals surface area contributed by atoms with Crippen LogP contribution in [0.3, 0.4) is 0 Å². The molecule has 9 nitrogen and oxygen atoms in total. The van der Waals surface area contributed by atoms with Crippen LogP contribution in [0.25, 0.3) is 20.8 Å². The highest BCUT2D eigenvalue weighted by molar-refractivity contribution is 7.21. The third kappa shape index (κ3) is 8.09. The molecule has 11 heteroatoms. The van der Waals surface area contributed by atoms with Gasteiger partial charge in [-0.15, -0.1) is 11.3 Å². The Morgan fingerprint density at radius 1 is 0.860 bits per heavy atom. The zero-order valence-electron chi connectivity index (χ0n) is 29.0. The van der Waals surface area contributed by atoms with Gasteiger partial charge in [0.25, 0.3) is 5.91 Å². The number of nitrogens with zero attached hydrogens (tertiary/aromatic N) is 5. The highest BCUT2D eigenvalue weighted by Crippen LogP contribution is 2.37. The molecule has 1 atom stereocenters. The predicted octanol–water partition coefficient (Wildman–Crippen LogP) is 7.89. The number of carbonyl (C=O) groups is 1. The van der Waals surface area contributed by atoms with Gasteiger partial charge in [-0.05, 0) is 107 Å². The van der Waals surface area contributed by atoms with Crippen molar-refractivity contribution in [2.75, 3.05) is 66.1 Å². The molecular weight excluding hydrogens is 670 g/mol. The number of thiazole rings is 1. The largest absolute Gasteiger partial charge is 0.493 e. The number of benzene rings is 3. The molecule has 2 saturated heterocycles. The lowest BCUT2D eigenvalue weighted by Gasteiger charge is -2.34. The quantitative estimate of drug-likeness (QED) is 0.123. The Hall–Kier alpha value is -3.70. The van der Waals surface area contributed by atoms with Gasteiger partial charge in [0.15, 0.2) is 11.5 Å². The van der Waals surface area contributed by atoms with E-state index in [0.717, 1.165) is 139 Å². The van der Waals surface area contributed by atoms with Crippen molar-refractivity contribution in [2.45, 2.75) is 51.5 Å². The van der Waals surface area contributed by atoms with Crippen LogP contribution in [0.5, 0.6) is 17.2 Å². The van der Waals surface area contributed by atoms with Gasteiger partial charge < -0.3 is 28.9 Å². The molecule has 0 radical (unpaired) electrons. The normalized spacial score (nSPS) is 17.9. The highest BCUT2D eigenvalue weighted by Gasteiger charge is 2.32. The number of aliphatic imine (C=N–C) groups is 1. The molecule has 3 aliphatic rings. The number of unbranched alkanes of at least 4 members (excludes halogenated alkanes) is 2. The van der Waals surface area contributed by atoms with Gasteiger partial charge in [0.1, 0.15) is 10.8 Å². The third-order valence-corrected chi connectivity index (χ3v) is 11.3. The highest BCUT2D eigenvalue weighted by atomic mass is 35.5. The minimum Gasteiger partial charge on any atom is -0.493 e. The fourth-order valence-electron chi connectivity index (χ4n) is 7.05. The second kappa shape index (κ2) is 16.1. The number of aryl methyl sites for hydroxylation is 1. The van der Waals surface area contributed by atoms with E-state index in [-0.39, 0.29) is 11.9 Å². The summed E-state index contributed by atoms with van der Waals surface area (Å²) in [5, 5.41) is 1.65. The monoisotopic (exact) mass is 715 g/mol. The van der Waals surface area contributed by atoms with E-state index in [9.17, 15) is 4.79 Å². The molecule has 4 heterocycles. The summed E-state index contributed by atoms with van der Waals surface area (Å²) in [6.07, 6.45) is 8.18. The Balaban J connectivity index is 0.773. The molecule has 7 rings (SSSR count). The SMILES string of the molecule is COc1cc(-c2nc3ccc(Cl)cc3s2)ccc1OCCCCN1CCN(CCCCOc2cc3c(cc2C)C(=O)N2CCC[C@H]2C=N3)CC1. The van der Waals surface area contributed by atoms with Crippen LogP contribution in [0.4, 0.5) is 5.69 Å². The van der Waals surface area contributed by atoms with Gasteiger partial charge in [-0.1, -0.05) is 11.6 Å². The second-order valence-corrected chi connectivity index (χ2v) is 14.9. The Labute approximate surface area is 303 Å². The van der Waals surface area contributed by atoms with E-state index in [2.05, 4.69) is 14.8 Å².